The van der Waals surface area contributed by atoms with E-state index in [0.717, 1.165) is 43.3 Å². The fourth-order valence-corrected chi connectivity index (χ4v) is 1.87. The second-order valence-electron chi connectivity index (χ2n) is 4.78. The molecule has 0 unspecified atom stereocenters. The van der Waals surface area contributed by atoms with Crippen LogP contribution < -0.4 is 10.6 Å². The van der Waals surface area contributed by atoms with Gasteiger partial charge in [-0.25, -0.2) is 9.97 Å². The van der Waals surface area contributed by atoms with Gasteiger partial charge < -0.3 is 15.4 Å². The molecule has 0 aliphatic carbocycles. The van der Waals surface area contributed by atoms with Crippen LogP contribution in [-0.4, -0.2) is 29.2 Å². The van der Waals surface area contributed by atoms with Gasteiger partial charge in [0.2, 0.25) is 0 Å². The SMILES string of the molecule is CCCNc1cc(NC(CC)CC)nc(COCC)n1. The molecule has 0 aliphatic heterocycles. The van der Waals surface area contributed by atoms with Gasteiger partial charge in [0.15, 0.2) is 5.82 Å². The van der Waals surface area contributed by atoms with Crippen LogP contribution in [-0.2, 0) is 11.3 Å². The van der Waals surface area contributed by atoms with E-state index >= 15 is 0 Å². The average molecular weight is 280 g/mol. The summed E-state index contributed by atoms with van der Waals surface area (Å²) in [5.41, 5.74) is 0. The van der Waals surface area contributed by atoms with Gasteiger partial charge in [0.25, 0.3) is 0 Å². The third-order valence-electron chi connectivity index (χ3n) is 3.10. The zero-order valence-electron chi connectivity index (χ0n) is 13.2. The van der Waals surface area contributed by atoms with E-state index in [-0.39, 0.29) is 0 Å². The van der Waals surface area contributed by atoms with Crippen molar-refractivity contribution in [2.45, 2.75) is 59.6 Å². The van der Waals surface area contributed by atoms with Crippen molar-refractivity contribution in [3.05, 3.63) is 11.9 Å². The lowest BCUT2D eigenvalue weighted by molar-refractivity contribution is 0.128. The van der Waals surface area contributed by atoms with E-state index in [1.165, 1.54) is 0 Å². The van der Waals surface area contributed by atoms with Gasteiger partial charge in [-0.05, 0) is 26.2 Å². The number of ether oxygens (including phenoxy) is 1. The average Bonchev–Trinajstić information content (AvgIpc) is 2.48. The Balaban J connectivity index is 2.84. The smallest absolute Gasteiger partial charge is 0.158 e. The number of nitrogens with one attached hydrogen (secondary N) is 2. The molecule has 1 rings (SSSR count). The van der Waals surface area contributed by atoms with Crippen molar-refractivity contribution in [1.82, 2.24) is 9.97 Å². The highest BCUT2D eigenvalue weighted by molar-refractivity contribution is 5.48. The first-order chi connectivity index (χ1) is 9.73. The molecule has 0 spiro atoms. The largest absolute Gasteiger partial charge is 0.374 e. The number of aromatic nitrogens is 2. The second-order valence-corrected chi connectivity index (χ2v) is 4.78. The van der Waals surface area contributed by atoms with Gasteiger partial charge in [-0.15, -0.1) is 0 Å². The van der Waals surface area contributed by atoms with Crippen LogP contribution >= 0.6 is 0 Å². The van der Waals surface area contributed by atoms with Gasteiger partial charge >= 0.3 is 0 Å². The third kappa shape index (κ3) is 5.74. The Morgan fingerprint density at radius 2 is 1.80 bits per heavy atom. The molecule has 5 nitrogen and oxygen atoms in total. The Hall–Kier alpha value is -1.36. The van der Waals surface area contributed by atoms with Crippen LogP contribution in [0, 0.1) is 0 Å². The van der Waals surface area contributed by atoms with Gasteiger partial charge in [0.05, 0.1) is 0 Å². The zero-order chi connectivity index (χ0) is 14.8. The van der Waals surface area contributed by atoms with Crippen LogP contribution in [0.4, 0.5) is 11.6 Å². The normalized spacial score (nSPS) is 10.8. The lowest BCUT2D eigenvalue weighted by Crippen LogP contribution is -2.19. The van der Waals surface area contributed by atoms with E-state index in [4.69, 9.17) is 4.74 Å². The molecule has 0 radical (unpaired) electrons. The van der Waals surface area contributed by atoms with E-state index in [1.54, 1.807) is 0 Å². The fourth-order valence-electron chi connectivity index (χ4n) is 1.87. The number of anilines is 2. The van der Waals surface area contributed by atoms with E-state index in [1.807, 2.05) is 13.0 Å². The number of nitrogens with zero attached hydrogens (tertiary/aromatic N) is 2. The molecule has 114 valence electrons. The quantitative estimate of drug-likeness (QED) is 0.687. The molecular weight excluding hydrogens is 252 g/mol. The molecule has 5 heteroatoms. The summed E-state index contributed by atoms with van der Waals surface area (Å²) >= 11 is 0. The summed E-state index contributed by atoms with van der Waals surface area (Å²) in [6.07, 6.45) is 3.23. The van der Waals surface area contributed by atoms with E-state index in [2.05, 4.69) is 41.4 Å². The summed E-state index contributed by atoms with van der Waals surface area (Å²) in [5, 5.41) is 6.78. The van der Waals surface area contributed by atoms with Crippen molar-refractivity contribution >= 4 is 11.6 Å². The first-order valence-electron chi connectivity index (χ1n) is 7.69. The Labute approximate surface area is 122 Å². The van der Waals surface area contributed by atoms with Crippen molar-refractivity contribution in [2.24, 2.45) is 0 Å². The summed E-state index contributed by atoms with van der Waals surface area (Å²) in [7, 11) is 0. The third-order valence-corrected chi connectivity index (χ3v) is 3.10. The molecule has 20 heavy (non-hydrogen) atoms. The van der Waals surface area contributed by atoms with Crippen LogP contribution in [0.1, 0.15) is 52.8 Å². The highest BCUT2D eigenvalue weighted by Crippen LogP contribution is 2.15. The van der Waals surface area contributed by atoms with Crippen molar-refractivity contribution in [3.8, 4) is 0 Å². The summed E-state index contributed by atoms with van der Waals surface area (Å²) in [6.45, 7) is 10.5. The Morgan fingerprint density at radius 3 is 2.40 bits per heavy atom. The van der Waals surface area contributed by atoms with Crippen LogP contribution in [0.3, 0.4) is 0 Å². The molecule has 2 N–H and O–H groups in total. The van der Waals surface area contributed by atoms with Gasteiger partial charge in [-0.2, -0.15) is 0 Å². The lowest BCUT2D eigenvalue weighted by Gasteiger charge is -2.17. The van der Waals surface area contributed by atoms with Crippen LogP contribution in [0.2, 0.25) is 0 Å². The molecule has 0 amide bonds. The number of rotatable bonds is 10. The van der Waals surface area contributed by atoms with E-state index in [9.17, 15) is 0 Å². The Morgan fingerprint density at radius 1 is 1.10 bits per heavy atom. The van der Waals surface area contributed by atoms with Gasteiger partial charge in [0, 0.05) is 25.3 Å². The Bertz CT molecular complexity index is 354. The van der Waals surface area contributed by atoms with Crippen molar-refractivity contribution in [1.29, 1.82) is 0 Å². The Kier molecular flexibility index (Phi) is 7.95. The minimum atomic E-state index is 0.448. The summed E-state index contributed by atoms with van der Waals surface area (Å²) in [4.78, 5) is 9.01. The highest BCUT2D eigenvalue weighted by atomic mass is 16.5. The minimum Gasteiger partial charge on any atom is -0.374 e. The molecule has 0 saturated heterocycles. The molecule has 0 bridgehead atoms. The van der Waals surface area contributed by atoms with Crippen LogP contribution in [0.5, 0.6) is 0 Å². The number of hydrogen-bond donors (Lipinski definition) is 2. The van der Waals surface area contributed by atoms with Gasteiger partial charge in [-0.1, -0.05) is 20.8 Å². The maximum atomic E-state index is 5.41. The summed E-state index contributed by atoms with van der Waals surface area (Å²) < 4.78 is 5.41. The first kappa shape index (κ1) is 16.7. The van der Waals surface area contributed by atoms with Crippen molar-refractivity contribution < 1.29 is 4.74 Å². The maximum absolute atomic E-state index is 5.41. The van der Waals surface area contributed by atoms with Gasteiger partial charge in [-0.3, -0.25) is 0 Å². The molecule has 0 fully saturated rings. The van der Waals surface area contributed by atoms with E-state index in [0.29, 0.717) is 19.3 Å². The van der Waals surface area contributed by atoms with Gasteiger partial charge in [0.1, 0.15) is 18.2 Å². The van der Waals surface area contributed by atoms with Crippen LogP contribution in [0.25, 0.3) is 0 Å². The fraction of sp³-hybridized carbons (Fsp3) is 0.733. The molecule has 1 heterocycles. The monoisotopic (exact) mass is 280 g/mol. The second kappa shape index (κ2) is 9.53. The predicted molar refractivity (Wildman–Crippen MR) is 84.1 cm³/mol. The molecule has 0 aliphatic rings. The minimum absolute atomic E-state index is 0.448. The van der Waals surface area contributed by atoms with E-state index < -0.39 is 0 Å². The first-order valence-corrected chi connectivity index (χ1v) is 7.69. The molecule has 1 aromatic rings. The predicted octanol–water partition coefficient (Wildman–Crippen LogP) is 3.44. The maximum Gasteiger partial charge on any atom is 0.158 e. The number of hydrogen-bond acceptors (Lipinski definition) is 5. The lowest BCUT2D eigenvalue weighted by atomic mass is 10.2. The summed E-state index contributed by atoms with van der Waals surface area (Å²) in [6, 6.07) is 2.42. The summed E-state index contributed by atoms with van der Waals surface area (Å²) in [5.74, 6) is 2.47. The van der Waals surface area contributed by atoms with Crippen molar-refractivity contribution in [3.63, 3.8) is 0 Å². The molecular formula is C15H28N4O. The zero-order valence-corrected chi connectivity index (χ0v) is 13.2. The topological polar surface area (TPSA) is 59.1 Å². The molecule has 0 atom stereocenters. The van der Waals surface area contributed by atoms with Crippen molar-refractivity contribution in [2.75, 3.05) is 23.8 Å². The molecule has 1 aromatic heterocycles. The standard InChI is InChI=1S/C15H28N4O/c1-5-9-16-13-10-14(17-12(6-2)7-3)19-15(18-13)11-20-8-4/h10,12H,5-9,11H2,1-4H3,(H2,16,17,18,19). The van der Waals surface area contributed by atoms with Crippen LogP contribution in [0.15, 0.2) is 6.07 Å². The molecule has 0 saturated carbocycles. The molecule has 0 aromatic carbocycles. The highest BCUT2D eigenvalue weighted by Gasteiger charge is 2.08.